The molecule has 1 saturated heterocycles. The van der Waals surface area contributed by atoms with Crippen LogP contribution in [0.1, 0.15) is 36.2 Å². The van der Waals surface area contributed by atoms with Crippen LogP contribution >= 0.6 is 0 Å². The molecule has 0 bridgehead atoms. The Morgan fingerprint density at radius 3 is 2.84 bits per heavy atom. The minimum Gasteiger partial charge on any atom is -0.355 e. The zero-order valence-corrected chi connectivity index (χ0v) is 18.2. The lowest BCUT2D eigenvalue weighted by molar-refractivity contribution is -0.125. The average Bonchev–Trinajstić information content (AvgIpc) is 3.33. The molecule has 5 rings (SSSR count). The third-order valence-corrected chi connectivity index (χ3v) is 6.33. The number of nitrogens with one attached hydrogen (secondary N) is 1. The summed E-state index contributed by atoms with van der Waals surface area (Å²) in [6.07, 6.45) is 10.8. The van der Waals surface area contributed by atoms with Gasteiger partial charge in [0.1, 0.15) is 5.82 Å². The second-order valence-corrected chi connectivity index (χ2v) is 8.54. The molecule has 2 aromatic heterocycles. The van der Waals surface area contributed by atoms with E-state index < -0.39 is 0 Å². The molecule has 1 N–H and O–H groups in total. The molecule has 1 aliphatic heterocycles. The van der Waals surface area contributed by atoms with Crippen molar-refractivity contribution < 1.29 is 4.79 Å². The van der Waals surface area contributed by atoms with E-state index in [2.05, 4.69) is 32.3 Å². The first-order valence-corrected chi connectivity index (χ1v) is 11.5. The fourth-order valence-electron chi connectivity index (χ4n) is 4.69. The number of rotatable bonds is 6. The van der Waals surface area contributed by atoms with E-state index in [4.69, 9.17) is 9.97 Å². The first-order valence-electron chi connectivity index (χ1n) is 11.5. The lowest BCUT2D eigenvalue weighted by atomic mass is 9.96. The molecule has 3 heterocycles. The summed E-state index contributed by atoms with van der Waals surface area (Å²) in [4.78, 5) is 33.4. The summed E-state index contributed by atoms with van der Waals surface area (Å²) >= 11 is 0. The van der Waals surface area contributed by atoms with Gasteiger partial charge < -0.3 is 10.2 Å². The normalized spacial score (nSPS) is 17.8. The highest BCUT2D eigenvalue weighted by Crippen LogP contribution is 2.33. The van der Waals surface area contributed by atoms with E-state index in [1.165, 1.54) is 11.3 Å². The molecule has 1 aromatic carbocycles. The van der Waals surface area contributed by atoms with Crippen molar-refractivity contribution >= 4 is 11.7 Å². The maximum absolute atomic E-state index is 12.9. The maximum Gasteiger partial charge on any atom is 0.224 e. The van der Waals surface area contributed by atoms with E-state index in [1.54, 1.807) is 18.6 Å². The van der Waals surface area contributed by atoms with Gasteiger partial charge in [-0.25, -0.2) is 9.97 Å². The third-order valence-electron chi connectivity index (χ3n) is 6.33. The van der Waals surface area contributed by atoms with Crippen molar-refractivity contribution in [2.45, 2.75) is 38.5 Å². The van der Waals surface area contributed by atoms with Crippen molar-refractivity contribution in [2.24, 2.45) is 5.92 Å². The van der Waals surface area contributed by atoms with Crippen LogP contribution in [0, 0.1) is 5.92 Å². The second-order valence-electron chi connectivity index (χ2n) is 8.54. The van der Waals surface area contributed by atoms with Crippen LogP contribution in [0.3, 0.4) is 0 Å². The summed E-state index contributed by atoms with van der Waals surface area (Å²) < 4.78 is 0. The summed E-state index contributed by atoms with van der Waals surface area (Å²) in [6.45, 7) is 2.21. The Morgan fingerprint density at radius 2 is 2.00 bits per heavy atom. The van der Waals surface area contributed by atoms with E-state index in [1.807, 2.05) is 18.2 Å². The van der Waals surface area contributed by atoms with Gasteiger partial charge in [-0.1, -0.05) is 30.3 Å². The molecule has 1 atom stereocenters. The number of benzene rings is 1. The Hall–Kier alpha value is -3.35. The van der Waals surface area contributed by atoms with Crippen LogP contribution < -0.4 is 10.2 Å². The number of fused-ring (bicyclic) bond motifs is 1. The largest absolute Gasteiger partial charge is 0.355 e. The molecule has 1 aliphatic carbocycles. The van der Waals surface area contributed by atoms with Crippen LogP contribution in [-0.2, 0) is 24.1 Å². The minimum absolute atomic E-state index is 0.0298. The smallest absolute Gasteiger partial charge is 0.224 e. The van der Waals surface area contributed by atoms with Crippen LogP contribution in [0.4, 0.5) is 5.82 Å². The summed E-state index contributed by atoms with van der Waals surface area (Å²) in [5, 5.41) is 3.10. The lowest BCUT2D eigenvalue weighted by Gasteiger charge is -2.34. The number of piperidine rings is 1. The molecule has 32 heavy (non-hydrogen) atoms. The molecule has 0 radical (unpaired) electrons. The Bertz CT molecular complexity index is 1070. The molecule has 3 aromatic rings. The van der Waals surface area contributed by atoms with Crippen LogP contribution in [-0.4, -0.2) is 45.5 Å². The van der Waals surface area contributed by atoms with E-state index >= 15 is 0 Å². The summed E-state index contributed by atoms with van der Waals surface area (Å²) in [6, 6.07) is 10.2. The predicted molar refractivity (Wildman–Crippen MR) is 123 cm³/mol. The molecule has 0 spiro atoms. The molecular weight excluding hydrogens is 400 g/mol. The first-order chi connectivity index (χ1) is 15.8. The van der Waals surface area contributed by atoms with Crippen molar-refractivity contribution in [3.05, 3.63) is 65.9 Å². The van der Waals surface area contributed by atoms with Gasteiger partial charge in [0.25, 0.3) is 0 Å². The van der Waals surface area contributed by atoms with Crippen molar-refractivity contribution in [3.63, 3.8) is 0 Å². The highest BCUT2D eigenvalue weighted by molar-refractivity contribution is 5.79. The van der Waals surface area contributed by atoms with Crippen molar-refractivity contribution in [1.82, 2.24) is 25.3 Å². The highest BCUT2D eigenvalue weighted by Gasteiger charge is 2.30. The first kappa shape index (κ1) is 20.5. The number of aryl methyl sites for hydroxylation is 1. The monoisotopic (exact) mass is 428 g/mol. The number of carbonyl (C=O) groups excluding carboxylic acids is 1. The summed E-state index contributed by atoms with van der Waals surface area (Å²) in [7, 11) is 0. The number of carbonyl (C=O) groups is 1. The van der Waals surface area contributed by atoms with Gasteiger partial charge in [-0.15, -0.1) is 0 Å². The summed E-state index contributed by atoms with van der Waals surface area (Å²) in [5.74, 6) is 1.91. The van der Waals surface area contributed by atoms with Gasteiger partial charge in [0.05, 0.1) is 11.6 Å². The van der Waals surface area contributed by atoms with E-state index in [0.717, 1.165) is 61.5 Å². The quantitative estimate of drug-likeness (QED) is 0.650. The predicted octanol–water partition coefficient (Wildman–Crippen LogP) is 3.00. The number of amides is 1. The molecule has 1 unspecified atom stereocenters. The Morgan fingerprint density at radius 1 is 1.09 bits per heavy atom. The lowest BCUT2D eigenvalue weighted by Crippen LogP contribution is -2.44. The molecule has 2 aliphatic rings. The van der Waals surface area contributed by atoms with Gasteiger partial charge in [0.15, 0.2) is 5.82 Å². The van der Waals surface area contributed by atoms with E-state index in [9.17, 15) is 4.79 Å². The van der Waals surface area contributed by atoms with Gasteiger partial charge in [-0.05, 0) is 32.1 Å². The molecular formula is C25H28N6O. The minimum atomic E-state index is -0.0298. The van der Waals surface area contributed by atoms with Gasteiger partial charge >= 0.3 is 0 Å². The zero-order valence-electron chi connectivity index (χ0n) is 18.2. The molecule has 7 nitrogen and oxygen atoms in total. The Balaban J connectivity index is 1.30. The van der Waals surface area contributed by atoms with Gasteiger partial charge in [-0.3, -0.25) is 14.8 Å². The topological polar surface area (TPSA) is 83.9 Å². The maximum atomic E-state index is 12.9. The Kier molecular flexibility index (Phi) is 6.05. The molecule has 0 saturated carbocycles. The van der Waals surface area contributed by atoms with Crippen molar-refractivity contribution in [3.8, 4) is 11.4 Å². The van der Waals surface area contributed by atoms with Gasteiger partial charge in [0, 0.05) is 61.5 Å². The average molecular weight is 429 g/mol. The molecule has 164 valence electrons. The standard InChI is InChI=1S/C25H28N6O/c32-25(28-12-11-20-16-26-13-14-27-20)19-8-5-15-31(17-19)24-21-9-4-10-22(21)29-23(30-24)18-6-2-1-3-7-18/h1-3,6-7,13-14,16,19H,4-5,8-12,15,17H2,(H,28,32). The van der Waals surface area contributed by atoms with Gasteiger partial charge in [0.2, 0.25) is 5.91 Å². The Labute approximate surface area is 188 Å². The SMILES string of the molecule is O=C(NCCc1cnccn1)C1CCCN(c2nc(-c3ccccc3)nc3c2CCC3)C1. The summed E-state index contributed by atoms with van der Waals surface area (Å²) in [5.41, 5.74) is 4.37. The number of nitrogens with zero attached hydrogens (tertiary/aromatic N) is 5. The van der Waals surface area contributed by atoms with Gasteiger partial charge in [-0.2, -0.15) is 0 Å². The number of aromatic nitrogens is 4. The number of hydrogen-bond donors (Lipinski definition) is 1. The van der Waals surface area contributed by atoms with E-state index in [0.29, 0.717) is 19.5 Å². The molecule has 7 heteroatoms. The highest BCUT2D eigenvalue weighted by atomic mass is 16.1. The fraction of sp³-hybridized carbons (Fsp3) is 0.400. The molecule has 1 amide bonds. The molecule has 1 fully saturated rings. The third kappa shape index (κ3) is 4.47. The van der Waals surface area contributed by atoms with Crippen molar-refractivity contribution in [1.29, 1.82) is 0 Å². The fourth-order valence-corrected chi connectivity index (χ4v) is 4.69. The van der Waals surface area contributed by atoms with E-state index in [-0.39, 0.29) is 11.8 Å². The zero-order chi connectivity index (χ0) is 21.8. The second kappa shape index (κ2) is 9.42. The number of anilines is 1. The number of hydrogen-bond acceptors (Lipinski definition) is 6. The van der Waals surface area contributed by atoms with Crippen LogP contribution in [0.15, 0.2) is 48.9 Å². The van der Waals surface area contributed by atoms with Crippen LogP contribution in [0.5, 0.6) is 0 Å². The van der Waals surface area contributed by atoms with Crippen LogP contribution in [0.2, 0.25) is 0 Å². The van der Waals surface area contributed by atoms with Crippen molar-refractivity contribution in [2.75, 3.05) is 24.5 Å². The van der Waals surface area contributed by atoms with Crippen LogP contribution in [0.25, 0.3) is 11.4 Å².